The summed E-state index contributed by atoms with van der Waals surface area (Å²) in [6.45, 7) is -4.65. The van der Waals surface area contributed by atoms with E-state index in [1.165, 1.54) is 61.8 Å². The van der Waals surface area contributed by atoms with Crippen molar-refractivity contribution >= 4 is 101 Å². The zero-order valence-corrected chi connectivity index (χ0v) is 28.7. The van der Waals surface area contributed by atoms with Gasteiger partial charge in [0.1, 0.15) is 0 Å². The number of thiophene rings is 2. The summed E-state index contributed by atoms with van der Waals surface area (Å²) in [7, 11) is 0. The molecule has 0 amide bonds. The van der Waals surface area contributed by atoms with E-state index in [-0.39, 0.29) is 0 Å². The van der Waals surface area contributed by atoms with Crippen LogP contribution >= 0.6 is 36.4 Å². The minimum atomic E-state index is -2.33. The Morgan fingerprint density at radius 3 is 0.891 bits per heavy atom. The molecular weight excluding hydrogens is 631 g/mol. The first-order valence-corrected chi connectivity index (χ1v) is 20.9. The normalized spacial score (nSPS) is 12.1. The topological polar surface area (TPSA) is 0 Å². The van der Waals surface area contributed by atoms with Crippen LogP contribution in [0.4, 0.5) is 0 Å². The molecule has 0 fully saturated rings. The van der Waals surface area contributed by atoms with Crippen molar-refractivity contribution in [1.82, 2.24) is 0 Å². The molecule has 0 aliphatic rings. The second kappa shape index (κ2) is 11.9. The van der Waals surface area contributed by atoms with Gasteiger partial charge in [-0.1, -0.05) is 170 Å². The van der Waals surface area contributed by atoms with Crippen molar-refractivity contribution in [1.29, 1.82) is 0 Å². The van der Waals surface area contributed by atoms with Crippen LogP contribution in [0.25, 0.3) is 29.9 Å². The lowest BCUT2D eigenvalue weighted by molar-refractivity contribution is 1.75. The number of rotatable bonds is 7. The van der Waals surface area contributed by atoms with Crippen molar-refractivity contribution in [3.63, 3.8) is 0 Å². The average molecular weight is 663 g/mol. The molecule has 222 valence electrons. The van der Waals surface area contributed by atoms with Gasteiger partial charge in [-0.05, 0) is 47.1 Å². The van der Waals surface area contributed by atoms with Gasteiger partial charge in [0.2, 0.25) is 0 Å². The maximum Gasteiger partial charge on any atom is 0.0545 e. The molecule has 2 aromatic heterocycles. The highest BCUT2D eigenvalue weighted by atomic mass is 32.1. The van der Waals surface area contributed by atoms with Crippen LogP contribution in [0.2, 0.25) is 0 Å². The van der Waals surface area contributed by atoms with E-state index in [1.54, 1.807) is 0 Å². The zero-order valence-electron chi connectivity index (χ0n) is 25.3. The van der Waals surface area contributed by atoms with Crippen LogP contribution in [-0.4, -0.2) is 12.6 Å². The Bertz CT molecular complexity index is 2140. The molecule has 0 nitrogen and oxygen atoms in total. The summed E-state index contributed by atoms with van der Waals surface area (Å²) in [4.78, 5) is 2.65. The lowest BCUT2D eigenvalue weighted by Crippen LogP contribution is -2.28. The van der Waals surface area contributed by atoms with Crippen LogP contribution in [0, 0.1) is 0 Å². The van der Waals surface area contributed by atoms with Gasteiger partial charge in [-0.15, -0.1) is 22.7 Å². The third-order valence-electron chi connectivity index (χ3n) is 8.90. The molecule has 8 rings (SSSR count). The average Bonchev–Trinajstić information content (AvgIpc) is 3.72. The van der Waals surface area contributed by atoms with Crippen LogP contribution in [0.1, 0.15) is 0 Å². The van der Waals surface area contributed by atoms with Gasteiger partial charge in [0.15, 0.2) is 0 Å². The second-order valence-electron chi connectivity index (χ2n) is 11.5. The minimum Gasteiger partial charge on any atom is -0.134 e. The lowest BCUT2D eigenvalue weighted by atomic mass is 10.2. The Labute approximate surface area is 279 Å². The molecule has 4 heteroatoms. The standard InChI is InChI=1S/C42H32P2S2/c1-43(31-19-7-3-8-20-31,32-21-9-4-10-22-32)39-35-27-15-17-29-37(35)45-41(39)42-40(36-28-16-18-30-38(36)46-42)44(2,33-23-11-5-12-24-33)34-25-13-6-14-26-34/h3-30H,1-2H2. The van der Waals surface area contributed by atoms with Gasteiger partial charge in [0, 0.05) is 30.8 Å². The third kappa shape index (κ3) is 4.64. The first-order chi connectivity index (χ1) is 22.6. The Balaban J connectivity index is 1.55. The fourth-order valence-corrected chi connectivity index (χ4v) is 17.0. The predicted octanol–water partition coefficient (Wildman–Crippen LogP) is 9.23. The van der Waals surface area contributed by atoms with E-state index in [9.17, 15) is 0 Å². The summed E-state index contributed by atoms with van der Waals surface area (Å²) < 4.78 is 2.59. The van der Waals surface area contributed by atoms with E-state index in [4.69, 9.17) is 12.6 Å². The molecule has 0 unspecified atom stereocenters. The van der Waals surface area contributed by atoms with Gasteiger partial charge >= 0.3 is 0 Å². The van der Waals surface area contributed by atoms with Crippen molar-refractivity contribution in [2.75, 3.05) is 0 Å². The molecule has 0 bridgehead atoms. The quantitative estimate of drug-likeness (QED) is 0.149. The molecule has 0 N–H and O–H groups in total. The van der Waals surface area contributed by atoms with Gasteiger partial charge in [-0.3, -0.25) is 0 Å². The smallest absolute Gasteiger partial charge is 0.0545 e. The van der Waals surface area contributed by atoms with Gasteiger partial charge in [-0.25, -0.2) is 0 Å². The molecule has 6 aromatic carbocycles. The fourth-order valence-electron chi connectivity index (χ4n) is 6.67. The summed E-state index contributed by atoms with van der Waals surface area (Å²) >= 11 is 3.83. The maximum atomic E-state index is 5.27. The number of hydrogen-bond acceptors (Lipinski definition) is 2. The third-order valence-corrected chi connectivity index (χ3v) is 18.9. The molecule has 0 spiro atoms. The molecule has 0 atom stereocenters. The van der Waals surface area contributed by atoms with Crippen LogP contribution < -0.4 is 31.8 Å². The highest BCUT2D eigenvalue weighted by Gasteiger charge is 2.35. The Morgan fingerprint density at radius 2 is 0.587 bits per heavy atom. The minimum absolute atomic E-state index is 1.29. The van der Waals surface area contributed by atoms with E-state index in [0.29, 0.717) is 0 Å². The van der Waals surface area contributed by atoms with Crippen LogP contribution in [-0.2, 0) is 0 Å². The van der Waals surface area contributed by atoms with E-state index in [2.05, 4.69) is 170 Å². The van der Waals surface area contributed by atoms with Crippen molar-refractivity contribution < 1.29 is 0 Å². The number of fused-ring (bicyclic) bond motifs is 2. The Morgan fingerprint density at radius 1 is 0.326 bits per heavy atom. The van der Waals surface area contributed by atoms with Crippen molar-refractivity contribution in [3.05, 3.63) is 170 Å². The molecule has 0 saturated heterocycles. The fraction of sp³-hybridized carbons (Fsp3) is 0. The van der Waals surface area contributed by atoms with Crippen LogP contribution in [0.15, 0.2) is 170 Å². The Hall–Kier alpha value is -4.16. The molecule has 8 aromatic rings. The first kappa shape index (κ1) is 29.3. The van der Waals surface area contributed by atoms with Gasteiger partial charge < -0.3 is 0 Å². The maximum absolute atomic E-state index is 5.27. The van der Waals surface area contributed by atoms with E-state index < -0.39 is 13.8 Å². The Kier molecular flexibility index (Phi) is 7.56. The summed E-state index contributed by atoms with van der Waals surface area (Å²) in [6, 6.07) is 61.8. The molecule has 0 saturated carbocycles. The number of benzene rings is 6. The van der Waals surface area contributed by atoms with Gasteiger partial charge in [0.25, 0.3) is 0 Å². The molecule has 0 radical (unpaired) electrons. The largest absolute Gasteiger partial charge is 0.134 e. The summed E-state index contributed by atoms with van der Waals surface area (Å²) in [6.07, 6.45) is 10.5. The summed E-state index contributed by atoms with van der Waals surface area (Å²) in [5, 5.41) is 10.5. The summed E-state index contributed by atoms with van der Waals surface area (Å²) in [5.41, 5.74) is 0. The van der Waals surface area contributed by atoms with Gasteiger partial charge in [0.05, 0.1) is 9.75 Å². The lowest BCUT2D eigenvalue weighted by Gasteiger charge is -2.30. The van der Waals surface area contributed by atoms with Crippen LogP contribution in [0.3, 0.4) is 0 Å². The van der Waals surface area contributed by atoms with Crippen LogP contribution in [0.5, 0.6) is 0 Å². The van der Waals surface area contributed by atoms with Crippen molar-refractivity contribution in [2.24, 2.45) is 0 Å². The summed E-state index contributed by atoms with van der Waals surface area (Å²) in [5.74, 6) is 0. The first-order valence-electron chi connectivity index (χ1n) is 15.3. The van der Waals surface area contributed by atoms with E-state index in [0.717, 1.165) is 0 Å². The highest BCUT2D eigenvalue weighted by Crippen LogP contribution is 2.55. The SMILES string of the molecule is C=P(c1ccccc1)(c1ccccc1)c1c(-c2sc3ccccc3c2P(=C)(c2ccccc2)c2ccccc2)sc2ccccc12. The zero-order chi connectivity index (χ0) is 31.1. The highest BCUT2D eigenvalue weighted by molar-refractivity contribution is 7.95. The molecule has 0 aliphatic heterocycles. The molecular formula is C42H32P2S2. The van der Waals surface area contributed by atoms with E-state index in [1.807, 2.05) is 22.7 Å². The van der Waals surface area contributed by atoms with E-state index >= 15 is 0 Å². The molecule has 0 aliphatic carbocycles. The van der Waals surface area contributed by atoms with Crippen molar-refractivity contribution in [3.8, 4) is 9.75 Å². The predicted molar refractivity (Wildman–Crippen MR) is 214 cm³/mol. The number of hydrogen-bond donors (Lipinski definition) is 0. The molecule has 2 heterocycles. The molecule has 46 heavy (non-hydrogen) atoms. The van der Waals surface area contributed by atoms with Crippen molar-refractivity contribution in [2.45, 2.75) is 0 Å². The second-order valence-corrected chi connectivity index (χ2v) is 19.8. The van der Waals surface area contributed by atoms with Gasteiger partial charge in [-0.2, -0.15) is 0 Å². The monoisotopic (exact) mass is 662 g/mol.